The molecule has 2 aromatic heterocycles. The van der Waals surface area contributed by atoms with E-state index in [1.807, 2.05) is 5.38 Å². The topological polar surface area (TPSA) is 76.2 Å². The molecule has 3 rings (SSSR count). The van der Waals surface area contributed by atoms with Gasteiger partial charge >= 0.3 is 5.97 Å². The van der Waals surface area contributed by atoms with E-state index >= 15 is 0 Å². The fourth-order valence-electron chi connectivity index (χ4n) is 1.49. The first-order valence-corrected chi connectivity index (χ1v) is 7.36. The average molecular weight is 282 g/mol. The lowest BCUT2D eigenvalue weighted by Gasteiger charge is -1.91. The molecule has 1 aliphatic carbocycles. The molecule has 0 bridgehead atoms. The molecule has 94 valence electrons. The number of aromatic nitrogens is 2. The van der Waals surface area contributed by atoms with Crippen molar-refractivity contribution in [2.24, 2.45) is 0 Å². The van der Waals surface area contributed by atoms with E-state index in [1.165, 1.54) is 23.1 Å². The first-order valence-electron chi connectivity index (χ1n) is 5.49. The molecule has 0 aromatic carbocycles. The summed E-state index contributed by atoms with van der Waals surface area (Å²) in [7, 11) is 0. The Kier molecular flexibility index (Phi) is 3.09. The van der Waals surface area contributed by atoms with Gasteiger partial charge in [0, 0.05) is 16.2 Å². The Hall–Kier alpha value is -1.34. The Balaban J connectivity index is 1.60. The highest BCUT2D eigenvalue weighted by atomic mass is 32.2. The summed E-state index contributed by atoms with van der Waals surface area (Å²) in [6.45, 7) is 0. The minimum Gasteiger partial charge on any atom is -0.477 e. The van der Waals surface area contributed by atoms with Gasteiger partial charge in [0.1, 0.15) is 4.88 Å². The summed E-state index contributed by atoms with van der Waals surface area (Å²) in [5.74, 6) is 1.59. The summed E-state index contributed by atoms with van der Waals surface area (Å²) in [5.41, 5.74) is 0. The largest absolute Gasteiger partial charge is 0.477 e. The van der Waals surface area contributed by atoms with Crippen LogP contribution < -0.4 is 0 Å². The first kappa shape index (κ1) is 11.7. The number of carbonyl (C=O) groups is 1. The molecule has 0 amide bonds. The van der Waals surface area contributed by atoms with Crippen molar-refractivity contribution in [3.8, 4) is 0 Å². The lowest BCUT2D eigenvalue weighted by molar-refractivity contribution is 0.0702. The van der Waals surface area contributed by atoms with Gasteiger partial charge in [-0.2, -0.15) is 4.98 Å². The van der Waals surface area contributed by atoms with Gasteiger partial charge in [0.05, 0.1) is 5.75 Å². The SMILES string of the molecule is O=C(O)c1cc(SCc2nc(C3CC3)no2)cs1. The zero-order valence-corrected chi connectivity index (χ0v) is 11.0. The van der Waals surface area contributed by atoms with E-state index in [0.29, 0.717) is 22.4 Å². The molecule has 1 aliphatic rings. The van der Waals surface area contributed by atoms with Gasteiger partial charge in [0.15, 0.2) is 5.82 Å². The normalized spacial score (nSPS) is 14.9. The molecular weight excluding hydrogens is 272 g/mol. The number of carboxylic acid groups (broad SMARTS) is 1. The third-order valence-electron chi connectivity index (χ3n) is 2.57. The third-order valence-corrected chi connectivity index (χ3v) is 4.60. The molecule has 0 saturated heterocycles. The van der Waals surface area contributed by atoms with Gasteiger partial charge in [-0.25, -0.2) is 4.79 Å². The van der Waals surface area contributed by atoms with Crippen LogP contribution in [0.3, 0.4) is 0 Å². The van der Waals surface area contributed by atoms with E-state index in [-0.39, 0.29) is 0 Å². The highest BCUT2D eigenvalue weighted by Gasteiger charge is 2.28. The fourth-order valence-corrected chi connectivity index (χ4v) is 3.19. The van der Waals surface area contributed by atoms with Crippen LogP contribution in [-0.4, -0.2) is 21.2 Å². The summed E-state index contributed by atoms with van der Waals surface area (Å²) in [5, 5.41) is 14.6. The van der Waals surface area contributed by atoms with E-state index in [0.717, 1.165) is 23.6 Å². The van der Waals surface area contributed by atoms with E-state index in [2.05, 4.69) is 10.1 Å². The number of carboxylic acids is 1. The average Bonchev–Trinajstić information content (AvgIpc) is 2.92. The maximum Gasteiger partial charge on any atom is 0.345 e. The molecule has 18 heavy (non-hydrogen) atoms. The van der Waals surface area contributed by atoms with Crippen molar-refractivity contribution >= 4 is 29.1 Å². The molecule has 0 aliphatic heterocycles. The highest BCUT2D eigenvalue weighted by Crippen LogP contribution is 2.38. The fraction of sp³-hybridized carbons (Fsp3) is 0.364. The Bertz CT molecular complexity index is 574. The molecule has 7 heteroatoms. The maximum atomic E-state index is 10.7. The van der Waals surface area contributed by atoms with Crippen molar-refractivity contribution in [2.75, 3.05) is 0 Å². The van der Waals surface area contributed by atoms with Crippen LogP contribution in [-0.2, 0) is 5.75 Å². The van der Waals surface area contributed by atoms with Gasteiger partial charge in [-0.1, -0.05) is 5.16 Å². The second-order valence-corrected chi connectivity index (χ2v) is 6.02. The Labute approximate surface area is 111 Å². The second-order valence-electron chi connectivity index (χ2n) is 4.06. The maximum absolute atomic E-state index is 10.7. The van der Waals surface area contributed by atoms with E-state index in [4.69, 9.17) is 9.63 Å². The molecule has 1 saturated carbocycles. The molecule has 1 N–H and O–H groups in total. The number of hydrogen-bond donors (Lipinski definition) is 1. The Morgan fingerprint density at radius 1 is 1.61 bits per heavy atom. The van der Waals surface area contributed by atoms with Gasteiger partial charge in [-0.15, -0.1) is 23.1 Å². The Morgan fingerprint density at radius 2 is 2.44 bits per heavy atom. The van der Waals surface area contributed by atoms with E-state index < -0.39 is 5.97 Å². The van der Waals surface area contributed by atoms with Crippen molar-refractivity contribution in [1.29, 1.82) is 0 Å². The molecule has 0 spiro atoms. The van der Waals surface area contributed by atoms with Crippen LogP contribution in [0.1, 0.15) is 40.1 Å². The number of nitrogens with zero attached hydrogens (tertiary/aromatic N) is 2. The van der Waals surface area contributed by atoms with Crippen molar-refractivity contribution in [2.45, 2.75) is 29.4 Å². The van der Waals surface area contributed by atoms with Crippen LogP contribution in [0, 0.1) is 0 Å². The van der Waals surface area contributed by atoms with Crippen LogP contribution in [0.15, 0.2) is 20.9 Å². The van der Waals surface area contributed by atoms with Crippen molar-refractivity contribution in [3.63, 3.8) is 0 Å². The number of thioether (sulfide) groups is 1. The van der Waals surface area contributed by atoms with Crippen molar-refractivity contribution < 1.29 is 14.4 Å². The molecular formula is C11H10N2O3S2. The zero-order chi connectivity index (χ0) is 12.5. The third kappa shape index (κ3) is 2.56. The van der Waals surface area contributed by atoms with Crippen LogP contribution in [0.25, 0.3) is 0 Å². The van der Waals surface area contributed by atoms with Gasteiger partial charge in [0.25, 0.3) is 0 Å². The molecule has 0 radical (unpaired) electrons. The molecule has 0 unspecified atom stereocenters. The van der Waals surface area contributed by atoms with Crippen LogP contribution in [0.2, 0.25) is 0 Å². The van der Waals surface area contributed by atoms with Crippen LogP contribution in [0.5, 0.6) is 0 Å². The van der Waals surface area contributed by atoms with Crippen LogP contribution in [0.4, 0.5) is 0 Å². The minimum absolute atomic E-state index is 0.349. The molecule has 2 aromatic rings. The van der Waals surface area contributed by atoms with Crippen molar-refractivity contribution in [3.05, 3.63) is 28.0 Å². The minimum atomic E-state index is -0.888. The van der Waals surface area contributed by atoms with Crippen LogP contribution >= 0.6 is 23.1 Å². The first-order chi connectivity index (χ1) is 8.72. The highest BCUT2D eigenvalue weighted by molar-refractivity contribution is 7.98. The summed E-state index contributed by atoms with van der Waals surface area (Å²) in [4.78, 5) is 16.3. The van der Waals surface area contributed by atoms with E-state index in [1.54, 1.807) is 6.07 Å². The van der Waals surface area contributed by atoms with Gasteiger partial charge < -0.3 is 9.63 Å². The molecule has 1 fully saturated rings. The lowest BCUT2D eigenvalue weighted by Crippen LogP contribution is -1.89. The smallest absolute Gasteiger partial charge is 0.345 e. The molecule has 2 heterocycles. The summed E-state index contributed by atoms with van der Waals surface area (Å²) in [6.07, 6.45) is 2.30. The zero-order valence-electron chi connectivity index (χ0n) is 9.33. The number of thiophene rings is 1. The summed E-state index contributed by atoms with van der Waals surface area (Å²) >= 11 is 2.73. The molecule has 0 atom stereocenters. The predicted octanol–water partition coefficient (Wildman–Crippen LogP) is 3.00. The standard InChI is InChI=1S/C11H10N2O3S2/c14-11(15)8-3-7(4-18-8)17-5-9-12-10(13-16-9)6-1-2-6/h3-4,6H,1-2,5H2,(H,14,15). The predicted molar refractivity (Wildman–Crippen MR) is 67.1 cm³/mol. The van der Waals surface area contributed by atoms with Gasteiger partial charge in [0.2, 0.25) is 5.89 Å². The van der Waals surface area contributed by atoms with E-state index in [9.17, 15) is 4.79 Å². The monoisotopic (exact) mass is 282 g/mol. The lowest BCUT2D eigenvalue weighted by atomic mass is 10.4. The number of aromatic carboxylic acids is 1. The summed E-state index contributed by atoms with van der Waals surface area (Å²) in [6, 6.07) is 1.66. The molecule has 5 nitrogen and oxygen atoms in total. The number of hydrogen-bond acceptors (Lipinski definition) is 6. The van der Waals surface area contributed by atoms with Gasteiger partial charge in [-0.3, -0.25) is 0 Å². The van der Waals surface area contributed by atoms with Gasteiger partial charge in [-0.05, 0) is 18.9 Å². The summed E-state index contributed by atoms with van der Waals surface area (Å²) < 4.78 is 5.15. The van der Waals surface area contributed by atoms with Crippen molar-refractivity contribution in [1.82, 2.24) is 10.1 Å². The quantitative estimate of drug-likeness (QED) is 0.849. The number of rotatable bonds is 5. The second kappa shape index (κ2) is 4.74. The Morgan fingerprint density at radius 3 is 3.11 bits per heavy atom.